The molecule has 4 aromatic carbocycles. The fourth-order valence-corrected chi connectivity index (χ4v) is 8.04. The van der Waals surface area contributed by atoms with Crippen molar-refractivity contribution in [2.75, 3.05) is 0 Å². The lowest BCUT2D eigenvalue weighted by molar-refractivity contribution is 0.0780. The zero-order valence-electron chi connectivity index (χ0n) is 24.9. The summed E-state index contributed by atoms with van der Waals surface area (Å²) in [5.41, 5.74) is 7.01. The molecule has 1 heterocycles. The summed E-state index contributed by atoms with van der Waals surface area (Å²) in [5, 5.41) is 10.4. The maximum absolute atomic E-state index is 10.4. The fourth-order valence-electron chi connectivity index (χ4n) is 8.04. The molecule has 0 saturated heterocycles. The summed E-state index contributed by atoms with van der Waals surface area (Å²) in [4.78, 5) is 14.7. The fraction of sp³-hybridized carbons (Fsp3) is 0.282. The van der Waals surface area contributed by atoms with Gasteiger partial charge < -0.3 is 0 Å². The first kappa shape index (κ1) is 27.2. The molecule has 4 atom stereocenters. The summed E-state index contributed by atoms with van der Waals surface area (Å²) >= 11 is 0. The molecular weight excluding hydrogens is 524 g/mol. The normalized spacial score (nSPS) is 23.0. The van der Waals surface area contributed by atoms with Gasteiger partial charge >= 0.3 is 0 Å². The second-order valence-electron chi connectivity index (χ2n) is 12.9. The van der Waals surface area contributed by atoms with E-state index in [1.165, 1.54) is 37.7 Å². The number of nitriles is 1. The largest absolute Gasteiger partial charge is 0.208 e. The van der Waals surface area contributed by atoms with Crippen LogP contribution in [0.5, 0.6) is 0 Å². The molecule has 7 rings (SSSR count). The third kappa shape index (κ3) is 5.37. The average molecular weight is 561 g/mol. The number of aromatic nitrogens is 3. The van der Waals surface area contributed by atoms with E-state index in [0.717, 1.165) is 51.1 Å². The van der Waals surface area contributed by atoms with E-state index >= 15 is 0 Å². The van der Waals surface area contributed by atoms with Gasteiger partial charge in [0.2, 0.25) is 0 Å². The van der Waals surface area contributed by atoms with E-state index in [4.69, 9.17) is 15.0 Å². The lowest BCUT2D eigenvalue weighted by Crippen LogP contribution is -2.42. The third-order valence-electron chi connectivity index (χ3n) is 9.51. The highest BCUT2D eigenvalue weighted by Crippen LogP contribution is 2.54. The van der Waals surface area contributed by atoms with Crippen LogP contribution in [0.3, 0.4) is 0 Å². The summed E-state index contributed by atoms with van der Waals surface area (Å²) in [6.45, 7) is 4.82. The van der Waals surface area contributed by atoms with Crippen molar-refractivity contribution in [2.45, 2.75) is 51.4 Å². The second kappa shape index (κ2) is 11.2. The van der Waals surface area contributed by atoms with Gasteiger partial charge in [0.05, 0.1) is 11.6 Å². The minimum atomic E-state index is 0.193. The maximum Gasteiger partial charge on any atom is 0.164 e. The molecule has 2 aliphatic rings. The van der Waals surface area contributed by atoms with E-state index in [2.05, 4.69) is 50.2 Å². The van der Waals surface area contributed by atoms with E-state index < -0.39 is 0 Å². The summed E-state index contributed by atoms with van der Waals surface area (Å²) in [5.74, 6) is 4.15. The summed E-state index contributed by atoms with van der Waals surface area (Å²) in [7, 11) is 0. The van der Waals surface area contributed by atoms with Gasteiger partial charge in [0.25, 0.3) is 0 Å². The highest BCUT2D eigenvalue weighted by Gasteiger charge is 2.45. The molecule has 0 N–H and O–H groups in total. The molecule has 2 aliphatic carbocycles. The van der Waals surface area contributed by atoms with Gasteiger partial charge in [-0.25, -0.2) is 15.0 Å². The molecule has 212 valence electrons. The summed E-state index contributed by atoms with van der Waals surface area (Å²) in [6, 6.07) is 37.5. The van der Waals surface area contributed by atoms with E-state index in [0.29, 0.717) is 17.5 Å². The standard InChI is InChI=1S/C39H36N4/c1-26-18-28-19-27(2)23-39(22-26,24-28)34-16-17-35(33(21-34)25-40)31-14-9-15-32(20-31)38-42-36(29-10-5-3-6-11-29)41-37(43-38)30-12-7-4-8-13-30/h3-17,20-21,26-28H,18-19,22-24H2,1-2H3/t26-,27+,28-,39?. The molecule has 4 nitrogen and oxygen atoms in total. The Balaban J connectivity index is 1.29. The van der Waals surface area contributed by atoms with Crippen LogP contribution < -0.4 is 0 Å². The topological polar surface area (TPSA) is 62.5 Å². The Hall–Kier alpha value is -4.62. The number of hydrogen-bond acceptors (Lipinski definition) is 4. The number of fused-ring (bicyclic) bond motifs is 2. The number of hydrogen-bond donors (Lipinski definition) is 0. The van der Waals surface area contributed by atoms with E-state index in [1.807, 2.05) is 72.8 Å². The molecule has 43 heavy (non-hydrogen) atoms. The van der Waals surface area contributed by atoms with Gasteiger partial charge in [-0.05, 0) is 84.1 Å². The van der Waals surface area contributed by atoms with E-state index in [9.17, 15) is 5.26 Å². The molecule has 1 aromatic heterocycles. The Morgan fingerprint density at radius 1 is 0.605 bits per heavy atom. The molecule has 2 saturated carbocycles. The molecule has 2 fully saturated rings. The molecular formula is C39H36N4. The summed E-state index contributed by atoms with van der Waals surface area (Å²) in [6.07, 6.45) is 6.39. The molecule has 0 radical (unpaired) electrons. The van der Waals surface area contributed by atoms with Crippen LogP contribution in [0.4, 0.5) is 0 Å². The minimum absolute atomic E-state index is 0.193. The molecule has 0 amide bonds. The SMILES string of the molecule is C[C@@H]1C[C@@H]2C[C@H](C)CC(c3ccc(-c4cccc(-c5nc(-c6ccccc6)nc(-c6ccccc6)n5)c4)c(C#N)c3)(C1)C2. The van der Waals surface area contributed by atoms with Gasteiger partial charge in [-0.15, -0.1) is 0 Å². The predicted molar refractivity (Wildman–Crippen MR) is 173 cm³/mol. The zero-order chi connectivity index (χ0) is 29.4. The Labute approximate surface area is 254 Å². The third-order valence-corrected chi connectivity index (χ3v) is 9.51. The van der Waals surface area contributed by atoms with Crippen molar-refractivity contribution in [3.63, 3.8) is 0 Å². The highest BCUT2D eigenvalue weighted by molar-refractivity contribution is 5.76. The number of nitrogens with zero attached hydrogens (tertiary/aromatic N) is 4. The van der Waals surface area contributed by atoms with Crippen molar-refractivity contribution < 1.29 is 0 Å². The lowest BCUT2D eigenvalue weighted by Gasteiger charge is -2.50. The van der Waals surface area contributed by atoms with Crippen LogP contribution in [0.25, 0.3) is 45.3 Å². The van der Waals surface area contributed by atoms with Crippen LogP contribution >= 0.6 is 0 Å². The quantitative estimate of drug-likeness (QED) is 0.215. The average Bonchev–Trinajstić information content (AvgIpc) is 3.04. The molecule has 5 aromatic rings. The van der Waals surface area contributed by atoms with Crippen molar-refractivity contribution in [3.8, 4) is 51.4 Å². The van der Waals surface area contributed by atoms with Crippen LogP contribution in [-0.2, 0) is 5.41 Å². The van der Waals surface area contributed by atoms with Crippen LogP contribution in [0, 0.1) is 29.1 Å². The van der Waals surface area contributed by atoms with E-state index in [1.54, 1.807) is 0 Å². The Bertz CT molecular complexity index is 1730. The van der Waals surface area contributed by atoms with Crippen LogP contribution in [-0.4, -0.2) is 15.0 Å². The molecule has 2 bridgehead atoms. The van der Waals surface area contributed by atoms with Gasteiger partial charge in [0.15, 0.2) is 17.5 Å². The first-order valence-electron chi connectivity index (χ1n) is 15.5. The van der Waals surface area contributed by atoms with Crippen LogP contribution in [0.1, 0.15) is 57.1 Å². The maximum atomic E-state index is 10.4. The second-order valence-corrected chi connectivity index (χ2v) is 12.9. The number of rotatable bonds is 5. The highest BCUT2D eigenvalue weighted by atomic mass is 15.0. The molecule has 4 heteroatoms. The summed E-state index contributed by atoms with van der Waals surface area (Å²) < 4.78 is 0. The van der Waals surface area contributed by atoms with Gasteiger partial charge in [-0.2, -0.15) is 5.26 Å². The molecule has 1 unspecified atom stereocenters. The van der Waals surface area contributed by atoms with Crippen molar-refractivity contribution in [1.29, 1.82) is 5.26 Å². The van der Waals surface area contributed by atoms with Gasteiger partial charge in [-0.3, -0.25) is 0 Å². The Morgan fingerprint density at radius 2 is 1.14 bits per heavy atom. The zero-order valence-corrected chi connectivity index (χ0v) is 24.9. The number of benzene rings is 4. The molecule has 0 aliphatic heterocycles. The lowest BCUT2D eigenvalue weighted by atomic mass is 9.54. The van der Waals surface area contributed by atoms with Crippen molar-refractivity contribution in [3.05, 3.63) is 114 Å². The predicted octanol–water partition coefficient (Wildman–Crippen LogP) is 9.52. The van der Waals surface area contributed by atoms with Gasteiger partial charge in [-0.1, -0.05) is 105 Å². The van der Waals surface area contributed by atoms with Gasteiger partial charge in [0, 0.05) is 16.7 Å². The molecule has 0 spiro atoms. The van der Waals surface area contributed by atoms with Crippen molar-refractivity contribution >= 4 is 0 Å². The smallest absolute Gasteiger partial charge is 0.164 e. The van der Waals surface area contributed by atoms with Crippen molar-refractivity contribution in [1.82, 2.24) is 15.0 Å². The van der Waals surface area contributed by atoms with E-state index in [-0.39, 0.29) is 5.41 Å². The first-order chi connectivity index (χ1) is 21.0. The van der Waals surface area contributed by atoms with Crippen LogP contribution in [0.15, 0.2) is 103 Å². The Morgan fingerprint density at radius 3 is 1.72 bits per heavy atom. The van der Waals surface area contributed by atoms with Crippen molar-refractivity contribution in [2.24, 2.45) is 17.8 Å². The van der Waals surface area contributed by atoms with Gasteiger partial charge in [0.1, 0.15) is 0 Å². The minimum Gasteiger partial charge on any atom is -0.208 e. The first-order valence-corrected chi connectivity index (χ1v) is 15.5. The monoisotopic (exact) mass is 560 g/mol. The van der Waals surface area contributed by atoms with Crippen LogP contribution in [0.2, 0.25) is 0 Å². The Kier molecular flexibility index (Phi) is 7.11.